The zero-order valence-electron chi connectivity index (χ0n) is 11.4. The Morgan fingerprint density at radius 1 is 0.909 bits per heavy atom. The largest absolute Gasteiger partial charge is 0.397 e. The molecule has 0 radical (unpaired) electrons. The van der Waals surface area contributed by atoms with Crippen molar-refractivity contribution in [1.29, 1.82) is 0 Å². The average Bonchev–Trinajstić information content (AvgIpc) is 2.49. The van der Waals surface area contributed by atoms with Gasteiger partial charge in [0, 0.05) is 17.8 Å². The summed E-state index contributed by atoms with van der Waals surface area (Å²) in [5.74, 6) is -1.06. The molecule has 2 aromatic carbocycles. The minimum Gasteiger partial charge on any atom is -0.397 e. The average molecular weight is 317 g/mol. The topological polar surface area (TPSA) is 38.9 Å². The Labute approximate surface area is 131 Å². The molecule has 0 aliphatic rings. The van der Waals surface area contributed by atoms with Gasteiger partial charge in [-0.1, -0.05) is 23.7 Å². The molecular weight excluding hydrogens is 306 g/mol. The van der Waals surface area contributed by atoms with Crippen LogP contribution in [0.15, 0.2) is 54.7 Å². The first kappa shape index (κ1) is 14.5. The van der Waals surface area contributed by atoms with Crippen LogP contribution in [0.3, 0.4) is 0 Å². The van der Waals surface area contributed by atoms with Crippen molar-refractivity contribution in [2.45, 2.75) is 0 Å². The van der Waals surface area contributed by atoms with Crippen molar-refractivity contribution >= 4 is 17.3 Å². The summed E-state index contributed by atoms with van der Waals surface area (Å²) in [7, 11) is 0. The number of hydrogen-bond acceptors (Lipinski definition) is 2. The number of para-hydroxylation sites is 1. The predicted molar refractivity (Wildman–Crippen MR) is 84.4 cm³/mol. The Kier molecular flexibility index (Phi) is 3.77. The van der Waals surface area contributed by atoms with Crippen LogP contribution in [0.4, 0.5) is 14.5 Å². The Morgan fingerprint density at radius 3 is 2.45 bits per heavy atom. The second kappa shape index (κ2) is 5.73. The van der Waals surface area contributed by atoms with Crippen molar-refractivity contribution in [2.24, 2.45) is 0 Å². The summed E-state index contributed by atoms with van der Waals surface area (Å²) in [5.41, 5.74) is 8.61. The molecule has 0 bridgehead atoms. The van der Waals surface area contributed by atoms with Crippen molar-refractivity contribution in [3.63, 3.8) is 0 Å². The number of rotatable bonds is 2. The fourth-order valence-corrected chi connectivity index (χ4v) is 2.46. The van der Waals surface area contributed by atoms with Crippen molar-refractivity contribution in [1.82, 2.24) is 4.98 Å². The van der Waals surface area contributed by atoms with Gasteiger partial charge < -0.3 is 5.73 Å². The maximum atomic E-state index is 13.9. The van der Waals surface area contributed by atoms with E-state index >= 15 is 0 Å². The summed E-state index contributed by atoms with van der Waals surface area (Å²) in [6.07, 6.45) is 1.34. The molecule has 0 aliphatic heterocycles. The lowest BCUT2D eigenvalue weighted by Gasteiger charge is -2.10. The number of hydrogen-bond donors (Lipinski definition) is 1. The molecule has 0 spiro atoms. The quantitative estimate of drug-likeness (QED) is 0.538. The third-order valence-electron chi connectivity index (χ3n) is 3.32. The van der Waals surface area contributed by atoms with E-state index in [1.54, 1.807) is 30.3 Å². The van der Waals surface area contributed by atoms with Crippen molar-refractivity contribution in [2.75, 3.05) is 5.73 Å². The van der Waals surface area contributed by atoms with Crippen LogP contribution in [-0.2, 0) is 0 Å². The SMILES string of the molecule is Nc1c(Cl)cccc1-c1cc(F)cc(-c2ccnc(F)c2)c1. The van der Waals surface area contributed by atoms with Crippen LogP contribution in [0.1, 0.15) is 0 Å². The molecule has 0 unspecified atom stereocenters. The molecular formula is C17H11ClF2N2. The lowest BCUT2D eigenvalue weighted by Crippen LogP contribution is -1.93. The summed E-state index contributed by atoms with van der Waals surface area (Å²) < 4.78 is 27.2. The maximum absolute atomic E-state index is 13.9. The highest BCUT2D eigenvalue weighted by Gasteiger charge is 2.10. The van der Waals surface area contributed by atoms with E-state index in [4.69, 9.17) is 17.3 Å². The van der Waals surface area contributed by atoms with E-state index in [2.05, 4.69) is 4.98 Å². The van der Waals surface area contributed by atoms with Gasteiger partial charge in [-0.05, 0) is 47.0 Å². The number of anilines is 1. The standard InChI is InChI=1S/C17H11ClF2N2/c18-15-3-1-2-14(17(15)21)12-6-11(7-13(19)8-12)10-4-5-22-16(20)9-10/h1-9H,21H2. The third-order valence-corrected chi connectivity index (χ3v) is 3.65. The molecule has 1 heterocycles. The van der Waals surface area contributed by atoms with Crippen LogP contribution >= 0.6 is 11.6 Å². The van der Waals surface area contributed by atoms with E-state index in [1.807, 2.05) is 0 Å². The number of nitrogens with zero attached hydrogens (tertiary/aromatic N) is 1. The molecule has 5 heteroatoms. The van der Waals surface area contributed by atoms with Gasteiger partial charge in [-0.15, -0.1) is 0 Å². The molecule has 22 heavy (non-hydrogen) atoms. The summed E-state index contributed by atoms with van der Waals surface area (Å²) in [5, 5.41) is 0.401. The minimum atomic E-state index is -0.620. The fourth-order valence-electron chi connectivity index (χ4n) is 2.28. The van der Waals surface area contributed by atoms with Gasteiger partial charge in [0.15, 0.2) is 0 Å². The van der Waals surface area contributed by atoms with E-state index < -0.39 is 11.8 Å². The van der Waals surface area contributed by atoms with Crippen molar-refractivity contribution in [3.05, 3.63) is 71.5 Å². The number of benzene rings is 2. The Balaban J connectivity index is 2.17. The van der Waals surface area contributed by atoms with Crippen molar-refractivity contribution < 1.29 is 8.78 Å². The second-order valence-electron chi connectivity index (χ2n) is 4.80. The highest BCUT2D eigenvalue weighted by Crippen LogP contribution is 2.34. The van der Waals surface area contributed by atoms with E-state index in [1.165, 1.54) is 24.4 Å². The first-order valence-electron chi connectivity index (χ1n) is 6.51. The monoisotopic (exact) mass is 316 g/mol. The van der Waals surface area contributed by atoms with Gasteiger partial charge in [-0.3, -0.25) is 0 Å². The molecule has 3 rings (SSSR count). The van der Waals surface area contributed by atoms with E-state index in [-0.39, 0.29) is 0 Å². The van der Waals surface area contributed by atoms with Crippen LogP contribution in [0.5, 0.6) is 0 Å². The number of pyridine rings is 1. The van der Waals surface area contributed by atoms with Crippen LogP contribution < -0.4 is 5.73 Å². The predicted octanol–water partition coefficient (Wildman–Crippen LogP) is 4.93. The van der Waals surface area contributed by atoms with Crippen LogP contribution in [0.25, 0.3) is 22.3 Å². The molecule has 1 aromatic heterocycles. The van der Waals surface area contributed by atoms with E-state index in [0.717, 1.165) is 0 Å². The summed E-state index contributed by atoms with van der Waals surface area (Å²) in [6.45, 7) is 0. The van der Waals surface area contributed by atoms with Gasteiger partial charge in [0.25, 0.3) is 0 Å². The Bertz CT molecular complexity index is 850. The molecule has 0 aliphatic carbocycles. The van der Waals surface area contributed by atoms with Gasteiger partial charge in [-0.2, -0.15) is 4.39 Å². The molecule has 0 fully saturated rings. The molecule has 3 aromatic rings. The summed E-state index contributed by atoms with van der Waals surface area (Å²) >= 11 is 6.00. The first-order chi connectivity index (χ1) is 10.5. The molecule has 110 valence electrons. The van der Waals surface area contributed by atoms with Gasteiger partial charge >= 0.3 is 0 Å². The summed E-state index contributed by atoms with van der Waals surface area (Å²) in [4.78, 5) is 3.50. The Morgan fingerprint density at radius 2 is 1.68 bits per heavy atom. The molecule has 0 saturated carbocycles. The molecule has 0 saturated heterocycles. The second-order valence-corrected chi connectivity index (χ2v) is 5.20. The zero-order valence-corrected chi connectivity index (χ0v) is 12.1. The lowest BCUT2D eigenvalue weighted by atomic mass is 9.98. The van der Waals surface area contributed by atoms with E-state index in [0.29, 0.717) is 33.0 Å². The highest BCUT2D eigenvalue weighted by atomic mass is 35.5. The zero-order chi connectivity index (χ0) is 15.7. The van der Waals surface area contributed by atoms with Gasteiger partial charge in [-0.25, -0.2) is 9.37 Å². The Hall–Kier alpha value is -2.46. The lowest BCUT2D eigenvalue weighted by molar-refractivity contribution is 0.584. The summed E-state index contributed by atoms with van der Waals surface area (Å²) in [6, 6.07) is 12.5. The highest BCUT2D eigenvalue weighted by molar-refractivity contribution is 6.33. The molecule has 2 N–H and O–H groups in total. The van der Waals surface area contributed by atoms with Gasteiger partial charge in [0.2, 0.25) is 5.95 Å². The number of halogens is 3. The number of aromatic nitrogens is 1. The van der Waals surface area contributed by atoms with E-state index in [9.17, 15) is 8.78 Å². The minimum absolute atomic E-state index is 0.377. The molecule has 0 amide bonds. The van der Waals surface area contributed by atoms with Crippen LogP contribution in [0, 0.1) is 11.8 Å². The maximum Gasteiger partial charge on any atom is 0.213 e. The number of nitrogen functional groups attached to an aromatic ring is 1. The fraction of sp³-hybridized carbons (Fsp3) is 0. The van der Waals surface area contributed by atoms with Gasteiger partial charge in [0.1, 0.15) is 5.82 Å². The molecule has 2 nitrogen and oxygen atoms in total. The first-order valence-corrected chi connectivity index (χ1v) is 6.89. The third kappa shape index (κ3) is 2.78. The van der Waals surface area contributed by atoms with Crippen LogP contribution in [0.2, 0.25) is 5.02 Å². The normalized spacial score (nSPS) is 10.7. The smallest absolute Gasteiger partial charge is 0.213 e. The molecule has 0 atom stereocenters. The van der Waals surface area contributed by atoms with Crippen LogP contribution in [-0.4, -0.2) is 4.98 Å². The van der Waals surface area contributed by atoms with Gasteiger partial charge in [0.05, 0.1) is 10.7 Å². The van der Waals surface area contributed by atoms with Crippen molar-refractivity contribution in [3.8, 4) is 22.3 Å². The number of nitrogens with two attached hydrogens (primary N) is 1.